The molecular weight excluding hydrogens is 252 g/mol. The molecular formula is C15H26N4O. The highest BCUT2D eigenvalue weighted by molar-refractivity contribution is 5.13. The Morgan fingerprint density at radius 1 is 1.45 bits per heavy atom. The van der Waals surface area contributed by atoms with Gasteiger partial charge in [-0.3, -0.25) is 9.58 Å². The van der Waals surface area contributed by atoms with Crippen LogP contribution in [0.25, 0.3) is 0 Å². The molecule has 3 unspecified atom stereocenters. The van der Waals surface area contributed by atoms with Crippen LogP contribution >= 0.6 is 0 Å². The second kappa shape index (κ2) is 5.84. The van der Waals surface area contributed by atoms with E-state index in [4.69, 9.17) is 10.5 Å². The topological polar surface area (TPSA) is 56.3 Å². The van der Waals surface area contributed by atoms with E-state index < -0.39 is 0 Å². The Morgan fingerprint density at radius 2 is 2.30 bits per heavy atom. The van der Waals surface area contributed by atoms with Crippen LogP contribution in [-0.4, -0.2) is 46.5 Å². The Labute approximate surface area is 121 Å². The summed E-state index contributed by atoms with van der Waals surface area (Å²) in [7, 11) is 0. The third kappa shape index (κ3) is 2.50. The fourth-order valence-corrected chi connectivity index (χ4v) is 3.61. The van der Waals surface area contributed by atoms with Gasteiger partial charge in [-0.25, -0.2) is 0 Å². The van der Waals surface area contributed by atoms with Crippen molar-refractivity contribution in [3.8, 4) is 0 Å². The molecule has 5 nitrogen and oxygen atoms in total. The molecule has 2 fully saturated rings. The Morgan fingerprint density at radius 3 is 3.00 bits per heavy atom. The van der Waals surface area contributed by atoms with Crippen LogP contribution in [0.3, 0.4) is 0 Å². The van der Waals surface area contributed by atoms with Gasteiger partial charge >= 0.3 is 0 Å². The van der Waals surface area contributed by atoms with Crippen molar-refractivity contribution in [1.29, 1.82) is 0 Å². The highest BCUT2D eigenvalue weighted by Gasteiger charge is 2.39. The van der Waals surface area contributed by atoms with Crippen molar-refractivity contribution in [3.63, 3.8) is 0 Å². The van der Waals surface area contributed by atoms with Crippen LogP contribution in [-0.2, 0) is 4.74 Å². The number of fused-ring (bicyclic) bond motifs is 1. The molecule has 3 rings (SSSR count). The van der Waals surface area contributed by atoms with E-state index in [0.29, 0.717) is 24.7 Å². The lowest BCUT2D eigenvalue weighted by Crippen LogP contribution is -2.51. The van der Waals surface area contributed by atoms with Crippen molar-refractivity contribution in [3.05, 3.63) is 18.0 Å². The first-order chi connectivity index (χ1) is 9.70. The Hall–Kier alpha value is -0.910. The maximum absolute atomic E-state index is 6.08. The zero-order valence-electron chi connectivity index (χ0n) is 12.5. The van der Waals surface area contributed by atoms with Crippen molar-refractivity contribution < 1.29 is 4.74 Å². The predicted octanol–water partition coefficient (Wildman–Crippen LogP) is 1.72. The van der Waals surface area contributed by atoms with Gasteiger partial charge in [0.15, 0.2) is 0 Å². The summed E-state index contributed by atoms with van der Waals surface area (Å²) in [4.78, 5) is 2.56. The summed E-state index contributed by atoms with van der Waals surface area (Å²) >= 11 is 0. The fraction of sp³-hybridized carbons (Fsp3) is 0.800. The fourth-order valence-electron chi connectivity index (χ4n) is 3.61. The molecule has 0 spiro atoms. The minimum atomic E-state index is 0.275. The minimum Gasteiger partial charge on any atom is -0.375 e. The van der Waals surface area contributed by atoms with Gasteiger partial charge in [0.1, 0.15) is 0 Å². The van der Waals surface area contributed by atoms with Gasteiger partial charge in [0.2, 0.25) is 0 Å². The highest BCUT2D eigenvalue weighted by Crippen LogP contribution is 2.34. The molecule has 2 heterocycles. The normalized spacial score (nSPS) is 28.8. The van der Waals surface area contributed by atoms with E-state index in [-0.39, 0.29) is 6.04 Å². The quantitative estimate of drug-likeness (QED) is 0.911. The molecule has 1 aliphatic heterocycles. The van der Waals surface area contributed by atoms with Crippen LogP contribution in [0.2, 0.25) is 0 Å². The number of hydrogen-bond donors (Lipinski definition) is 1. The van der Waals surface area contributed by atoms with Gasteiger partial charge in [0.25, 0.3) is 0 Å². The first-order valence-corrected chi connectivity index (χ1v) is 7.82. The van der Waals surface area contributed by atoms with Gasteiger partial charge in [0, 0.05) is 36.9 Å². The molecule has 0 amide bonds. The average Bonchev–Trinajstić information content (AvgIpc) is 3.08. The molecule has 2 aliphatic rings. The first-order valence-electron chi connectivity index (χ1n) is 7.82. The third-order valence-corrected chi connectivity index (χ3v) is 4.68. The average molecular weight is 278 g/mol. The summed E-state index contributed by atoms with van der Waals surface area (Å²) < 4.78 is 7.92. The van der Waals surface area contributed by atoms with Gasteiger partial charge < -0.3 is 10.5 Å². The van der Waals surface area contributed by atoms with E-state index in [1.807, 2.05) is 10.9 Å². The Kier molecular flexibility index (Phi) is 4.10. The van der Waals surface area contributed by atoms with Crippen molar-refractivity contribution >= 4 is 0 Å². The molecule has 0 radical (unpaired) electrons. The molecule has 0 aromatic carbocycles. The van der Waals surface area contributed by atoms with E-state index in [1.54, 1.807) is 0 Å². The summed E-state index contributed by atoms with van der Waals surface area (Å²) in [5.74, 6) is 0. The van der Waals surface area contributed by atoms with Crippen LogP contribution in [0.15, 0.2) is 12.4 Å². The van der Waals surface area contributed by atoms with E-state index >= 15 is 0 Å². The highest BCUT2D eigenvalue weighted by atomic mass is 16.5. The SMILES string of the molecule is CC(C)n1cc(C(CN)N2CCOC3CCCC32)cn1. The van der Waals surface area contributed by atoms with E-state index in [2.05, 4.69) is 30.0 Å². The number of ether oxygens (including phenoxy) is 1. The number of hydrogen-bond acceptors (Lipinski definition) is 4. The van der Waals surface area contributed by atoms with Gasteiger partial charge in [-0.1, -0.05) is 0 Å². The third-order valence-electron chi connectivity index (χ3n) is 4.68. The van der Waals surface area contributed by atoms with Crippen LogP contribution in [0.1, 0.15) is 50.8 Å². The van der Waals surface area contributed by atoms with Crippen molar-refractivity contribution in [2.75, 3.05) is 19.7 Å². The molecule has 0 bridgehead atoms. The molecule has 1 aromatic heterocycles. The summed E-state index contributed by atoms with van der Waals surface area (Å²) in [6, 6.07) is 1.21. The van der Waals surface area contributed by atoms with E-state index in [0.717, 1.165) is 13.2 Å². The zero-order valence-corrected chi connectivity index (χ0v) is 12.5. The van der Waals surface area contributed by atoms with E-state index in [1.165, 1.54) is 24.8 Å². The molecule has 3 atom stereocenters. The maximum Gasteiger partial charge on any atom is 0.0731 e. The lowest BCUT2D eigenvalue weighted by Gasteiger charge is -2.42. The second-order valence-electron chi connectivity index (χ2n) is 6.24. The smallest absolute Gasteiger partial charge is 0.0731 e. The molecule has 5 heteroatoms. The van der Waals surface area contributed by atoms with Gasteiger partial charge in [-0.15, -0.1) is 0 Å². The van der Waals surface area contributed by atoms with Crippen molar-refractivity contribution in [1.82, 2.24) is 14.7 Å². The summed E-state index contributed by atoms with van der Waals surface area (Å²) in [6.45, 7) is 6.75. The molecule has 1 saturated carbocycles. The standard InChI is InChI=1S/C15H26N4O/c1-11(2)19-10-12(9-17-19)14(8-16)18-6-7-20-15-5-3-4-13(15)18/h9-11,13-15H,3-8,16H2,1-2H3. The van der Waals surface area contributed by atoms with Crippen LogP contribution in [0.5, 0.6) is 0 Å². The number of nitrogens with zero attached hydrogens (tertiary/aromatic N) is 3. The van der Waals surface area contributed by atoms with Gasteiger partial charge in [0.05, 0.1) is 24.9 Å². The van der Waals surface area contributed by atoms with Crippen LogP contribution in [0.4, 0.5) is 0 Å². The van der Waals surface area contributed by atoms with Crippen molar-refractivity contribution in [2.24, 2.45) is 5.73 Å². The summed E-state index contributed by atoms with van der Waals surface area (Å²) in [5.41, 5.74) is 7.33. The second-order valence-corrected chi connectivity index (χ2v) is 6.24. The Bertz CT molecular complexity index is 445. The number of nitrogens with two attached hydrogens (primary N) is 1. The summed E-state index contributed by atoms with van der Waals surface area (Å²) in [6.07, 6.45) is 8.26. The molecule has 112 valence electrons. The lowest BCUT2D eigenvalue weighted by atomic mass is 10.0. The molecule has 2 N–H and O–H groups in total. The zero-order chi connectivity index (χ0) is 14.1. The summed E-state index contributed by atoms with van der Waals surface area (Å²) in [5, 5.41) is 4.47. The largest absolute Gasteiger partial charge is 0.375 e. The minimum absolute atomic E-state index is 0.275. The molecule has 1 aliphatic carbocycles. The molecule has 1 aromatic rings. The van der Waals surface area contributed by atoms with Crippen LogP contribution in [0, 0.1) is 0 Å². The Balaban J connectivity index is 1.80. The van der Waals surface area contributed by atoms with Gasteiger partial charge in [-0.2, -0.15) is 5.10 Å². The monoisotopic (exact) mass is 278 g/mol. The number of rotatable bonds is 4. The number of aromatic nitrogens is 2. The van der Waals surface area contributed by atoms with Gasteiger partial charge in [-0.05, 0) is 33.1 Å². The van der Waals surface area contributed by atoms with Crippen LogP contribution < -0.4 is 5.73 Å². The predicted molar refractivity (Wildman–Crippen MR) is 78.5 cm³/mol. The number of morpholine rings is 1. The first kappa shape index (κ1) is 14.0. The van der Waals surface area contributed by atoms with Crippen molar-refractivity contribution in [2.45, 2.75) is 57.3 Å². The van der Waals surface area contributed by atoms with E-state index in [9.17, 15) is 0 Å². The molecule has 1 saturated heterocycles. The molecule has 20 heavy (non-hydrogen) atoms. The maximum atomic E-state index is 6.08. The lowest BCUT2D eigenvalue weighted by molar-refractivity contribution is -0.0711.